The zero-order valence-corrected chi connectivity index (χ0v) is 17.9. The Hall–Kier alpha value is -4.18. The molecule has 0 saturated heterocycles. The Bertz CT molecular complexity index is 1180. The normalized spacial score (nSPS) is 11.1. The van der Waals surface area contributed by atoms with E-state index in [1.807, 2.05) is 97.1 Å². The van der Waals surface area contributed by atoms with Crippen LogP contribution < -0.4 is 10.1 Å². The van der Waals surface area contributed by atoms with Crippen molar-refractivity contribution in [1.29, 1.82) is 0 Å². The molecule has 0 radical (unpaired) electrons. The Morgan fingerprint density at radius 1 is 0.844 bits per heavy atom. The molecule has 0 atom stereocenters. The first-order chi connectivity index (χ1) is 15.7. The number of methoxy groups -OCH3 is 1. The van der Waals surface area contributed by atoms with Gasteiger partial charge < -0.3 is 10.1 Å². The SMILES string of the molecule is COc1ccc(/C=C(/C(=O)Nc2ccc(Cc3ccncc3)cc2)c2ccccc2)cc1. The highest BCUT2D eigenvalue weighted by Crippen LogP contribution is 2.22. The number of benzene rings is 3. The highest BCUT2D eigenvalue weighted by Gasteiger charge is 2.13. The van der Waals surface area contributed by atoms with Crippen molar-refractivity contribution in [2.24, 2.45) is 0 Å². The summed E-state index contributed by atoms with van der Waals surface area (Å²) < 4.78 is 5.23. The quantitative estimate of drug-likeness (QED) is 0.301. The first kappa shape index (κ1) is 21.1. The van der Waals surface area contributed by atoms with Crippen LogP contribution in [0.2, 0.25) is 0 Å². The summed E-state index contributed by atoms with van der Waals surface area (Å²) >= 11 is 0. The molecule has 0 bridgehead atoms. The third kappa shape index (κ3) is 5.49. The molecule has 4 heteroatoms. The topological polar surface area (TPSA) is 51.2 Å². The monoisotopic (exact) mass is 420 g/mol. The Labute approximate surface area is 188 Å². The van der Waals surface area contributed by atoms with Gasteiger partial charge in [-0.15, -0.1) is 0 Å². The minimum absolute atomic E-state index is 0.158. The summed E-state index contributed by atoms with van der Waals surface area (Å²) in [6, 6.07) is 29.3. The second-order valence-corrected chi connectivity index (χ2v) is 7.38. The molecular weight excluding hydrogens is 396 g/mol. The summed E-state index contributed by atoms with van der Waals surface area (Å²) in [5, 5.41) is 3.03. The molecular formula is C28H24N2O2. The molecule has 158 valence electrons. The van der Waals surface area contributed by atoms with E-state index in [1.165, 1.54) is 11.1 Å². The number of ether oxygens (including phenoxy) is 1. The number of nitrogens with one attached hydrogen (secondary N) is 1. The van der Waals surface area contributed by atoms with Crippen LogP contribution in [-0.2, 0) is 11.2 Å². The maximum absolute atomic E-state index is 13.2. The molecule has 1 N–H and O–H groups in total. The number of hydrogen-bond acceptors (Lipinski definition) is 3. The molecule has 1 aromatic heterocycles. The molecule has 0 aliphatic heterocycles. The number of carbonyl (C=O) groups is 1. The molecule has 4 aromatic rings. The fraction of sp³-hybridized carbons (Fsp3) is 0.0714. The number of aromatic nitrogens is 1. The number of hydrogen-bond donors (Lipinski definition) is 1. The average molecular weight is 421 g/mol. The number of carbonyl (C=O) groups excluding carboxylic acids is 1. The molecule has 0 aliphatic carbocycles. The Kier molecular flexibility index (Phi) is 6.73. The maximum atomic E-state index is 13.2. The third-order valence-corrected chi connectivity index (χ3v) is 5.13. The van der Waals surface area contributed by atoms with Crippen molar-refractivity contribution in [2.75, 3.05) is 12.4 Å². The van der Waals surface area contributed by atoms with Crippen molar-refractivity contribution in [3.8, 4) is 5.75 Å². The van der Waals surface area contributed by atoms with E-state index in [0.717, 1.165) is 29.0 Å². The number of rotatable bonds is 7. The summed E-state index contributed by atoms with van der Waals surface area (Å²) in [7, 11) is 1.63. The van der Waals surface area contributed by atoms with E-state index < -0.39 is 0 Å². The van der Waals surface area contributed by atoms with Crippen molar-refractivity contribution >= 4 is 23.2 Å². The van der Waals surface area contributed by atoms with Gasteiger partial charge in [0.05, 0.1) is 7.11 Å². The average Bonchev–Trinajstić information content (AvgIpc) is 2.85. The summed E-state index contributed by atoms with van der Waals surface area (Å²) in [5.41, 5.74) is 5.50. The van der Waals surface area contributed by atoms with Crippen LogP contribution in [0.1, 0.15) is 22.3 Å². The molecule has 0 unspecified atom stereocenters. The van der Waals surface area contributed by atoms with Crippen LogP contribution in [0, 0.1) is 0 Å². The van der Waals surface area contributed by atoms with Gasteiger partial charge in [-0.25, -0.2) is 0 Å². The minimum atomic E-state index is -0.158. The number of nitrogens with zero attached hydrogens (tertiary/aromatic N) is 1. The van der Waals surface area contributed by atoms with E-state index in [4.69, 9.17) is 4.74 Å². The summed E-state index contributed by atoms with van der Waals surface area (Å²) in [6.45, 7) is 0. The Morgan fingerprint density at radius 2 is 1.50 bits per heavy atom. The van der Waals surface area contributed by atoms with Gasteiger partial charge in [0.25, 0.3) is 5.91 Å². The minimum Gasteiger partial charge on any atom is -0.497 e. The highest BCUT2D eigenvalue weighted by atomic mass is 16.5. The fourth-order valence-electron chi connectivity index (χ4n) is 3.41. The third-order valence-electron chi connectivity index (χ3n) is 5.13. The molecule has 0 fully saturated rings. The maximum Gasteiger partial charge on any atom is 0.256 e. The van der Waals surface area contributed by atoms with Gasteiger partial charge in [-0.3, -0.25) is 9.78 Å². The van der Waals surface area contributed by atoms with E-state index >= 15 is 0 Å². The van der Waals surface area contributed by atoms with Gasteiger partial charge in [0.15, 0.2) is 0 Å². The van der Waals surface area contributed by atoms with Crippen LogP contribution in [-0.4, -0.2) is 18.0 Å². The standard InChI is InChI=1S/C28H24N2O2/c1-32-26-13-9-22(10-14-26)20-27(24-5-3-2-4-6-24)28(31)30-25-11-7-21(8-12-25)19-23-15-17-29-18-16-23/h2-18,20H,19H2,1H3,(H,30,31)/b27-20+. The van der Waals surface area contributed by atoms with Gasteiger partial charge in [0.2, 0.25) is 0 Å². The van der Waals surface area contributed by atoms with Gasteiger partial charge in [-0.2, -0.15) is 0 Å². The van der Waals surface area contributed by atoms with Crippen molar-refractivity contribution in [1.82, 2.24) is 4.98 Å². The van der Waals surface area contributed by atoms with E-state index in [9.17, 15) is 4.79 Å². The van der Waals surface area contributed by atoms with Gasteiger partial charge in [0.1, 0.15) is 5.75 Å². The molecule has 3 aromatic carbocycles. The summed E-state index contributed by atoms with van der Waals surface area (Å²) in [6.07, 6.45) is 6.31. The lowest BCUT2D eigenvalue weighted by atomic mass is 10.0. The molecule has 4 nitrogen and oxygen atoms in total. The van der Waals surface area contributed by atoms with E-state index in [1.54, 1.807) is 19.5 Å². The Morgan fingerprint density at radius 3 is 2.16 bits per heavy atom. The van der Waals surface area contributed by atoms with Gasteiger partial charge >= 0.3 is 0 Å². The lowest BCUT2D eigenvalue weighted by molar-refractivity contribution is -0.111. The van der Waals surface area contributed by atoms with Gasteiger partial charge in [-0.05, 0) is 71.1 Å². The largest absolute Gasteiger partial charge is 0.497 e. The Balaban J connectivity index is 1.54. The molecule has 0 aliphatic rings. The van der Waals surface area contributed by atoms with E-state index in [-0.39, 0.29) is 5.91 Å². The number of pyridine rings is 1. The first-order valence-electron chi connectivity index (χ1n) is 10.4. The number of amides is 1. The molecule has 4 rings (SSSR count). The highest BCUT2D eigenvalue weighted by molar-refractivity contribution is 6.29. The zero-order valence-electron chi connectivity index (χ0n) is 17.9. The van der Waals surface area contributed by atoms with Crippen molar-refractivity contribution < 1.29 is 9.53 Å². The van der Waals surface area contributed by atoms with Crippen molar-refractivity contribution in [3.63, 3.8) is 0 Å². The molecule has 1 amide bonds. The lowest BCUT2D eigenvalue weighted by Gasteiger charge is -2.11. The summed E-state index contributed by atoms with van der Waals surface area (Å²) in [5.74, 6) is 0.619. The van der Waals surface area contributed by atoms with Crippen LogP contribution in [0.5, 0.6) is 5.75 Å². The number of anilines is 1. The second kappa shape index (κ2) is 10.2. The second-order valence-electron chi connectivity index (χ2n) is 7.38. The van der Waals surface area contributed by atoms with Crippen LogP contribution in [0.15, 0.2) is 103 Å². The summed E-state index contributed by atoms with van der Waals surface area (Å²) in [4.78, 5) is 17.3. The molecule has 1 heterocycles. The van der Waals surface area contributed by atoms with Crippen LogP contribution >= 0.6 is 0 Å². The smallest absolute Gasteiger partial charge is 0.256 e. The lowest BCUT2D eigenvalue weighted by Crippen LogP contribution is -2.13. The molecule has 32 heavy (non-hydrogen) atoms. The van der Waals surface area contributed by atoms with E-state index in [2.05, 4.69) is 10.3 Å². The van der Waals surface area contributed by atoms with Gasteiger partial charge in [-0.1, -0.05) is 54.6 Å². The first-order valence-corrected chi connectivity index (χ1v) is 10.4. The van der Waals surface area contributed by atoms with Crippen molar-refractivity contribution in [3.05, 3.63) is 126 Å². The predicted octanol–water partition coefficient (Wildman–Crippen LogP) is 5.86. The zero-order chi connectivity index (χ0) is 22.2. The van der Waals surface area contributed by atoms with Crippen LogP contribution in [0.25, 0.3) is 11.6 Å². The molecule has 0 saturated carbocycles. The van der Waals surface area contributed by atoms with Crippen LogP contribution in [0.3, 0.4) is 0 Å². The predicted molar refractivity (Wildman–Crippen MR) is 129 cm³/mol. The fourth-order valence-corrected chi connectivity index (χ4v) is 3.41. The van der Waals surface area contributed by atoms with E-state index in [0.29, 0.717) is 5.57 Å². The van der Waals surface area contributed by atoms with Gasteiger partial charge in [0, 0.05) is 23.7 Å². The van der Waals surface area contributed by atoms with Crippen molar-refractivity contribution in [2.45, 2.75) is 6.42 Å². The molecule has 0 spiro atoms. The van der Waals surface area contributed by atoms with Crippen LogP contribution in [0.4, 0.5) is 5.69 Å².